The summed E-state index contributed by atoms with van der Waals surface area (Å²) < 4.78 is 4.23. The van der Waals surface area contributed by atoms with Gasteiger partial charge in [0.2, 0.25) is 5.13 Å². The van der Waals surface area contributed by atoms with Crippen molar-refractivity contribution in [3.63, 3.8) is 0 Å². The summed E-state index contributed by atoms with van der Waals surface area (Å²) in [7, 11) is 0. The maximum Gasteiger partial charge on any atom is 0.205 e. The van der Waals surface area contributed by atoms with Gasteiger partial charge in [0.25, 0.3) is 0 Å². The molecule has 0 unspecified atom stereocenters. The highest BCUT2D eigenvalue weighted by Gasteiger charge is 2.26. The zero-order chi connectivity index (χ0) is 9.97. The first kappa shape index (κ1) is 9.86. The van der Waals surface area contributed by atoms with Gasteiger partial charge in [-0.1, -0.05) is 6.92 Å². The molecule has 0 aliphatic carbocycles. The van der Waals surface area contributed by atoms with Gasteiger partial charge >= 0.3 is 0 Å². The lowest BCUT2D eigenvalue weighted by atomic mass is 10.1. The van der Waals surface area contributed by atoms with E-state index in [4.69, 9.17) is 0 Å². The van der Waals surface area contributed by atoms with Crippen LogP contribution in [0.3, 0.4) is 0 Å². The topological polar surface area (TPSA) is 41.1 Å². The van der Waals surface area contributed by atoms with E-state index in [0.717, 1.165) is 37.0 Å². The molecule has 78 valence electrons. The Hall–Kier alpha value is -0.680. The van der Waals surface area contributed by atoms with E-state index in [-0.39, 0.29) is 0 Å². The van der Waals surface area contributed by atoms with E-state index in [0.29, 0.717) is 6.04 Å². The first-order chi connectivity index (χ1) is 6.81. The van der Waals surface area contributed by atoms with Gasteiger partial charge in [-0.3, -0.25) is 0 Å². The molecule has 4 nitrogen and oxygen atoms in total. The third-order valence-electron chi connectivity index (χ3n) is 2.43. The average molecular weight is 212 g/mol. The minimum Gasteiger partial charge on any atom is -0.341 e. The summed E-state index contributed by atoms with van der Waals surface area (Å²) in [5.74, 6) is 0.887. The first-order valence-corrected chi connectivity index (χ1v) is 5.86. The zero-order valence-electron chi connectivity index (χ0n) is 8.66. The summed E-state index contributed by atoms with van der Waals surface area (Å²) in [4.78, 5) is 6.81. The van der Waals surface area contributed by atoms with Crippen LogP contribution in [0.25, 0.3) is 0 Å². The molecule has 0 bridgehead atoms. The minimum absolute atomic E-state index is 0.627. The highest BCUT2D eigenvalue weighted by Crippen LogP contribution is 2.21. The lowest BCUT2D eigenvalue weighted by molar-refractivity contribution is 0.412. The summed E-state index contributed by atoms with van der Waals surface area (Å²) in [6.45, 7) is 7.40. The molecular weight excluding hydrogens is 196 g/mol. The molecule has 1 aromatic rings. The lowest BCUT2D eigenvalue weighted by Crippen LogP contribution is -2.57. The predicted octanol–water partition coefficient (Wildman–Crippen LogP) is 1.03. The fourth-order valence-corrected chi connectivity index (χ4v) is 2.34. The molecule has 14 heavy (non-hydrogen) atoms. The standard InChI is InChI=1S/C9H16N4S/c1-3-4-13(8-5-10-6-8)9-11-7(2)12-14-9/h8,10H,3-6H2,1-2H3. The Bertz CT molecular complexity index is 295. The van der Waals surface area contributed by atoms with Crippen molar-refractivity contribution < 1.29 is 0 Å². The van der Waals surface area contributed by atoms with Crippen molar-refractivity contribution in [2.24, 2.45) is 0 Å². The van der Waals surface area contributed by atoms with E-state index in [9.17, 15) is 0 Å². The molecule has 1 aliphatic heterocycles. The molecule has 0 radical (unpaired) electrons. The van der Waals surface area contributed by atoms with Crippen LogP contribution in [-0.2, 0) is 0 Å². The van der Waals surface area contributed by atoms with Crippen LogP contribution in [0.4, 0.5) is 5.13 Å². The van der Waals surface area contributed by atoms with Gasteiger partial charge in [0.05, 0.1) is 6.04 Å². The Morgan fingerprint density at radius 1 is 1.57 bits per heavy atom. The molecule has 1 N–H and O–H groups in total. The van der Waals surface area contributed by atoms with Crippen LogP contribution in [0.5, 0.6) is 0 Å². The lowest BCUT2D eigenvalue weighted by Gasteiger charge is -2.37. The van der Waals surface area contributed by atoms with Crippen LogP contribution in [0.15, 0.2) is 0 Å². The molecule has 1 fully saturated rings. The maximum atomic E-state index is 4.44. The Morgan fingerprint density at radius 3 is 2.79 bits per heavy atom. The van der Waals surface area contributed by atoms with Crippen molar-refractivity contribution in [1.29, 1.82) is 0 Å². The van der Waals surface area contributed by atoms with E-state index >= 15 is 0 Å². The Kier molecular flexibility index (Phi) is 2.98. The summed E-state index contributed by atoms with van der Waals surface area (Å²) in [5, 5.41) is 4.37. The number of aromatic nitrogens is 2. The molecule has 0 atom stereocenters. The second kappa shape index (κ2) is 4.23. The van der Waals surface area contributed by atoms with Crippen LogP contribution in [0, 0.1) is 6.92 Å². The minimum atomic E-state index is 0.627. The number of nitrogens with one attached hydrogen (secondary N) is 1. The third kappa shape index (κ3) is 1.88. The van der Waals surface area contributed by atoms with E-state index in [1.165, 1.54) is 11.5 Å². The van der Waals surface area contributed by atoms with Crippen molar-refractivity contribution in [3.05, 3.63) is 5.82 Å². The van der Waals surface area contributed by atoms with Gasteiger partial charge in [-0.05, 0) is 13.3 Å². The van der Waals surface area contributed by atoms with Crippen LogP contribution >= 0.6 is 11.5 Å². The third-order valence-corrected chi connectivity index (χ3v) is 3.27. The highest BCUT2D eigenvalue weighted by atomic mass is 32.1. The van der Waals surface area contributed by atoms with E-state index in [1.807, 2.05) is 6.92 Å². The molecule has 2 heterocycles. The van der Waals surface area contributed by atoms with Crippen molar-refractivity contribution in [1.82, 2.24) is 14.7 Å². The summed E-state index contributed by atoms with van der Waals surface area (Å²) in [5.41, 5.74) is 0. The molecule has 0 aromatic carbocycles. The molecular formula is C9H16N4S. The Labute approximate surface area is 88.5 Å². The van der Waals surface area contributed by atoms with E-state index in [1.54, 1.807) is 0 Å². The highest BCUT2D eigenvalue weighted by molar-refractivity contribution is 7.09. The monoisotopic (exact) mass is 212 g/mol. The second-order valence-electron chi connectivity index (χ2n) is 3.63. The molecule has 2 rings (SSSR count). The Balaban J connectivity index is 2.09. The number of aryl methyl sites for hydroxylation is 1. The fourth-order valence-electron chi connectivity index (χ4n) is 1.57. The van der Waals surface area contributed by atoms with Crippen molar-refractivity contribution in [3.8, 4) is 0 Å². The van der Waals surface area contributed by atoms with Gasteiger partial charge in [-0.2, -0.15) is 4.37 Å². The molecule has 1 saturated heterocycles. The van der Waals surface area contributed by atoms with Gasteiger partial charge in [-0.25, -0.2) is 4.98 Å². The normalized spacial score (nSPS) is 16.7. The quantitative estimate of drug-likeness (QED) is 0.809. The van der Waals surface area contributed by atoms with Gasteiger partial charge in [0.15, 0.2) is 0 Å². The molecule has 0 saturated carbocycles. The number of nitrogens with zero attached hydrogens (tertiary/aromatic N) is 3. The molecule has 1 aromatic heterocycles. The molecule has 0 spiro atoms. The predicted molar refractivity (Wildman–Crippen MR) is 58.9 cm³/mol. The summed E-state index contributed by atoms with van der Waals surface area (Å²) >= 11 is 1.51. The zero-order valence-corrected chi connectivity index (χ0v) is 9.47. The molecule has 1 aliphatic rings. The van der Waals surface area contributed by atoms with E-state index in [2.05, 4.69) is 26.5 Å². The maximum absolute atomic E-state index is 4.44. The number of anilines is 1. The summed E-state index contributed by atoms with van der Waals surface area (Å²) in [6, 6.07) is 0.627. The molecule has 0 amide bonds. The van der Waals surface area contributed by atoms with Crippen molar-refractivity contribution in [2.45, 2.75) is 26.3 Å². The van der Waals surface area contributed by atoms with Crippen LogP contribution in [-0.4, -0.2) is 35.0 Å². The SMILES string of the molecule is CCCN(c1nc(C)ns1)C1CNC1. The summed E-state index contributed by atoms with van der Waals surface area (Å²) in [6.07, 6.45) is 1.16. The van der Waals surface area contributed by atoms with E-state index < -0.39 is 0 Å². The van der Waals surface area contributed by atoms with Crippen LogP contribution in [0.2, 0.25) is 0 Å². The van der Waals surface area contributed by atoms with Gasteiger partial charge in [0.1, 0.15) is 5.82 Å². The van der Waals surface area contributed by atoms with Crippen LogP contribution in [0.1, 0.15) is 19.2 Å². The fraction of sp³-hybridized carbons (Fsp3) is 0.778. The van der Waals surface area contributed by atoms with Gasteiger partial charge < -0.3 is 10.2 Å². The number of rotatable bonds is 4. The largest absolute Gasteiger partial charge is 0.341 e. The average Bonchev–Trinajstić information content (AvgIpc) is 2.48. The first-order valence-electron chi connectivity index (χ1n) is 5.09. The smallest absolute Gasteiger partial charge is 0.205 e. The van der Waals surface area contributed by atoms with Crippen molar-refractivity contribution in [2.75, 3.05) is 24.5 Å². The van der Waals surface area contributed by atoms with Gasteiger partial charge in [0, 0.05) is 31.2 Å². The van der Waals surface area contributed by atoms with Crippen molar-refractivity contribution >= 4 is 16.7 Å². The molecule has 5 heteroatoms. The Morgan fingerprint density at radius 2 is 2.36 bits per heavy atom. The number of hydrogen-bond acceptors (Lipinski definition) is 5. The number of hydrogen-bond donors (Lipinski definition) is 1. The van der Waals surface area contributed by atoms with Crippen LogP contribution < -0.4 is 10.2 Å². The second-order valence-corrected chi connectivity index (χ2v) is 4.36. The van der Waals surface area contributed by atoms with Gasteiger partial charge in [-0.15, -0.1) is 0 Å².